The number of guanidine groups is 1. The number of methoxy groups -OCH3 is 1. The molecule has 5 nitrogen and oxygen atoms in total. The lowest BCUT2D eigenvalue weighted by Crippen LogP contribution is -2.40. The molecule has 0 saturated heterocycles. The number of aliphatic imine (C=N–C) groups is 1. The van der Waals surface area contributed by atoms with E-state index in [-0.39, 0.29) is 17.7 Å². The Labute approximate surface area is 133 Å². The van der Waals surface area contributed by atoms with Crippen molar-refractivity contribution >= 4 is 11.9 Å². The molecule has 0 aliphatic carbocycles. The molecule has 0 bridgehead atoms. The highest BCUT2D eigenvalue weighted by molar-refractivity contribution is 6.07. The van der Waals surface area contributed by atoms with Crippen LogP contribution < -0.4 is 15.8 Å². The highest BCUT2D eigenvalue weighted by Crippen LogP contribution is 2.33. The van der Waals surface area contributed by atoms with Gasteiger partial charge >= 0.3 is 0 Å². The Morgan fingerprint density at radius 3 is 2.35 bits per heavy atom. The highest BCUT2D eigenvalue weighted by atomic mass is 19.1. The van der Waals surface area contributed by atoms with Crippen LogP contribution in [0, 0.1) is 5.82 Å². The number of nitrogens with zero attached hydrogens (tertiary/aromatic N) is 1. The topological polar surface area (TPSA) is 76.7 Å². The number of benzene rings is 2. The van der Waals surface area contributed by atoms with Crippen LogP contribution in [0.4, 0.5) is 4.39 Å². The molecule has 2 aromatic carbocycles. The Morgan fingerprint density at radius 2 is 1.83 bits per heavy atom. The van der Waals surface area contributed by atoms with Gasteiger partial charge in [-0.05, 0) is 35.4 Å². The van der Waals surface area contributed by atoms with Crippen LogP contribution in [0.5, 0.6) is 5.75 Å². The quantitative estimate of drug-likeness (QED) is 0.902. The standard InChI is InChI=1S/C17H16FN3O2/c1-23-14-8-2-11(3-9-14)10-17(15(22)20-16(19)21-17)12-4-6-13(18)7-5-12/h2-9H,10H2,1H3,(H3,19,20,21,22). The first-order valence-electron chi connectivity index (χ1n) is 7.09. The Morgan fingerprint density at radius 1 is 1.17 bits per heavy atom. The first-order chi connectivity index (χ1) is 11.0. The molecule has 6 heteroatoms. The smallest absolute Gasteiger partial charge is 0.259 e. The number of halogens is 1. The fourth-order valence-corrected chi connectivity index (χ4v) is 2.69. The minimum absolute atomic E-state index is 0.0628. The second-order valence-electron chi connectivity index (χ2n) is 5.34. The second-order valence-corrected chi connectivity index (χ2v) is 5.34. The summed E-state index contributed by atoms with van der Waals surface area (Å²) in [6, 6.07) is 13.1. The van der Waals surface area contributed by atoms with Crippen molar-refractivity contribution in [3.05, 3.63) is 65.5 Å². The molecule has 0 fully saturated rings. The number of carbonyl (C=O) groups excluding carboxylic acids is 1. The molecule has 118 valence electrons. The van der Waals surface area contributed by atoms with E-state index in [4.69, 9.17) is 10.5 Å². The summed E-state index contributed by atoms with van der Waals surface area (Å²) < 4.78 is 18.3. The Bertz CT molecular complexity index is 756. The van der Waals surface area contributed by atoms with Crippen molar-refractivity contribution in [1.82, 2.24) is 5.32 Å². The van der Waals surface area contributed by atoms with Crippen molar-refractivity contribution in [1.29, 1.82) is 0 Å². The lowest BCUT2D eigenvalue weighted by atomic mass is 9.84. The van der Waals surface area contributed by atoms with Gasteiger partial charge in [-0.2, -0.15) is 0 Å². The Kier molecular flexibility index (Phi) is 3.73. The van der Waals surface area contributed by atoms with E-state index in [9.17, 15) is 9.18 Å². The largest absolute Gasteiger partial charge is 0.497 e. The monoisotopic (exact) mass is 313 g/mol. The molecular formula is C17H16FN3O2. The van der Waals surface area contributed by atoms with Crippen LogP contribution in [0.2, 0.25) is 0 Å². The van der Waals surface area contributed by atoms with Crippen molar-refractivity contribution < 1.29 is 13.9 Å². The van der Waals surface area contributed by atoms with E-state index in [1.165, 1.54) is 12.1 Å². The number of hydrogen-bond donors (Lipinski definition) is 2. The second kappa shape index (κ2) is 5.72. The molecule has 3 rings (SSSR count). The van der Waals surface area contributed by atoms with Gasteiger partial charge in [0.2, 0.25) is 0 Å². The molecule has 1 aliphatic heterocycles. The third-order valence-electron chi connectivity index (χ3n) is 3.87. The van der Waals surface area contributed by atoms with Gasteiger partial charge in [-0.3, -0.25) is 10.1 Å². The maximum absolute atomic E-state index is 13.2. The van der Waals surface area contributed by atoms with Crippen LogP contribution in [0.1, 0.15) is 11.1 Å². The van der Waals surface area contributed by atoms with Crippen molar-refractivity contribution in [3.63, 3.8) is 0 Å². The number of amides is 1. The zero-order valence-corrected chi connectivity index (χ0v) is 12.5. The van der Waals surface area contributed by atoms with Crippen molar-refractivity contribution in [2.75, 3.05) is 7.11 Å². The number of nitrogens with two attached hydrogens (primary N) is 1. The van der Waals surface area contributed by atoms with E-state index in [0.717, 1.165) is 11.3 Å². The van der Waals surface area contributed by atoms with Crippen LogP contribution in [-0.4, -0.2) is 19.0 Å². The molecule has 1 atom stereocenters. The predicted octanol–water partition coefficient (Wildman–Crippen LogP) is 1.72. The van der Waals surface area contributed by atoms with Gasteiger partial charge in [0.05, 0.1) is 7.11 Å². The molecule has 0 aromatic heterocycles. The molecule has 0 spiro atoms. The van der Waals surface area contributed by atoms with Crippen molar-refractivity contribution in [2.24, 2.45) is 10.7 Å². The number of carbonyl (C=O) groups is 1. The first-order valence-corrected chi connectivity index (χ1v) is 7.09. The predicted molar refractivity (Wildman–Crippen MR) is 84.5 cm³/mol. The number of hydrogen-bond acceptors (Lipinski definition) is 4. The molecule has 3 N–H and O–H groups in total. The molecule has 1 unspecified atom stereocenters. The summed E-state index contributed by atoms with van der Waals surface area (Å²) in [6.45, 7) is 0. The van der Waals surface area contributed by atoms with E-state index in [2.05, 4.69) is 10.3 Å². The van der Waals surface area contributed by atoms with Crippen LogP contribution in [0.15, 0.2) is 53.5 Å². The fraction of sp³-hybridized carbons (Fsp3) is 0.176. The summed E-state index contributed by atoms with van der Waals surface area (Å²) in [4.78, 5) is 16.8. The lowest BCUT2D eigenvalue weighted by Gasteiger charge is -2.24. The molecule has 1 heterocycles. The average Bonchev–Trinajstić information content (AvgIpc) is 2.83. The van der Waals surface area contributed by atoms with Crippen molar-refractivity contribution in [2.45, 2.75) is 12.0 Å². The van der Waals surface area contributed by atoms with Crippen molar-refractivity contribution in [3.8, 4) is 5.75 Å². The summed E-state index contributed by atoms with van der Waals surface area (Å²) >= 11 is 0. The minimum atomic E-state index is -1.19. The van der Waals surface area contributed by atoms with Gasteiger partial charge in [0.1, 0.15) is 11.6 Å². The fourth-order valence-electron chi connectivity index (χ4n) is 2.69. The third kappa shape index (κ3) is 2.75. The Balaban J connectivity index is 2.02. The lowest BCUT2D eigenvalue weighted by molar-refractivity contribution is -0.124. The zero-order valence-electron chi connectivity index (χ0n) is 12.5. The highest BCUT2D eigenvalue weighted by Gasteiger charge is 2.44. The molecule has 2 aromatic rings. The third-order valence-corrected chi connectivity index (χ3v) is 3.87. The summed E-state index contributed by atoms with van der Waals surface area (Å²) in [6.07, 6.45) is 0.315. The van der Waals surface area contributed by atoms with Gasteiger partial charge in [0.25, 0.3) is 5.91 Å². The van der Waals surface area contributed by atoms with E-state index in [0.29, 0.717) is 12.0 Å². The van der Waals surface area contributed by atoms with Gasteiger partial charge in [0, 0.05) is 6.42 Å². The zero-order chi connectivity index (χ0) is 16.4. The molecule has 1 amide bonds. The van der Waals surface area contributed by atoms with Gasteiger partial charge in [-0.1, -0.05) is 24.3 Å². The number of ether oxygens (including phenoxy) is 1. The molecular weight excluding hydrogens is 297 g/mol. The molecule has 0 saturated carbocycles. The minimum Gasteiger partial charge on any atom is -0.497 e. The van der Waals surface area contributed by atoms with E-state index >= 15 is 0 Å². The number of nitrogens with one attached hydrogen (secondary N) is 1. The van der Waals surface area contributed by atoms with Gasteiger partial charge in [-0.25, -0.2) is 9.38 Å². The van der Waals surface area contributed by atoms with Crippen LogP contribution >= 0.6 is 0 Å². The summed E-state index contributed by atoms with van der Waals surface area (Å²) in [7, 11) is 1.59. The first kappa shape index (κ1) is 15.0. The molecule has 1 aliphatic rings. The van der Waals surface area contributed by atoms with E-state index in [1.807, 2.05) is 24.3 Å². The van der Waals surface area contributed by atoms with Gasteiger partial charge in [-0.15, -0.1) is 0 Å². The molecule has 23 heavy (non-hydrogen) atoms. The maximum Gasteiger partial charge on any atom is 0.259 e. The van der Waals surface area contributed by atoms with Crippen LogP contribution in [0.3, 0.4) is 0 Å². The Hall–Kier alpha value is -2.89. The molecule has 0 radical (unpaired) electrons. The van der Waals surface area contributed by atoms with Crippen LogP contribution in [-0.2, 0) is 16.8 Å². The SMILES string of the molecule is COc1ccc(CC2(c3ccc(F)cc3)N=C(N)NC2=O)cc1. The van der Waals surface area contributed by atoms with Crippen LogP contribution in [0.25, 0.3) is 0 Å². The van der Waals surface area contributed by atoms with E-state index < -0.39 is 5.54 Å². The summed E-state index contributed by atoms with van der Waals surface area (Å²) in [5, 5.41) is 2.53. The van der Waals surface area contributed by atoms with Gasteiger partial charge < -0.3 is 10.5 Å². The summed E-state index contributed by atoms with van der Waals surface area (Å²) in [5.74, 6) is 0.0948. The van der Waals surface area contributed by atoms with Gasteiger partial charge in [0.15, 0.2) is 11.5 Å². The maximum atomic E-state index is 13.2. The average molecular weight is 313 g/mol. The summed E-state index contributed by atoms with van der Waals surface area (Å²) in [5.41, 5.74) is 5.99. The normalized spacial score (nSPS) is 20.1. The number of rotatable bonds is 4. The van der Waals surface area contributed by atoms with E-state index in [1.54, 1.807) is 19.2 Å².